The monoisotopic (exact) mass is 471 g/mol. The second-order valence-corrected chi connectivity index (χ2v) is 9.08. The van der Waals surface area contributed by atoms with Crippen LogP contribution in [0.25, 0.3) is 27.7 Å². The zero-order valence-electron chi connectivity index (χ0n) is 20.4. The van der Waals surface area contributed by atoms with E-state index in [0.29, 0.717) is 18.0 Å². The van der Waals surface area contributed by atoms with E-state index >= 15 is 0 Å². The Morgan fingerprint density at radius 3 is 2.91 bits per heavy atom. The summed E-state index contributed by atoms with van der Waals surface area (Å²) in [4.78, 5) is 14.8. The standard InChI is InChI=1S/C27H33N7O/c1-19(2)15-31-26-4-3-20(11-21(26)13-28)25-18-33-27-24(25)12-22(17-32-27)23(14-29)16-30-5-6-34-7-9-35-10-8-34/h3-4,11-12,14,16-19,31H,5-10,15,29H2,1-2H3,(H,32,33)/b23-14+,30-16?. The first kappa shape index (κ1) is 24.5. The predicted octanol–water partition coefficient (Wildman–Crippen LogP) is 3.87. The molecule has 1 aliphatic rings. The third-order valence-electron chi connectivity index (χ3n) is 6.08. The summed E-state index contributed by atoms with van der Waals surface area (Å²) in [5, 5.41) is 14.0. The highest BCUT2D eigenvalue weighted by Crippen LogP contribution is 2.32. The maximum atomic E-state index is 9.70. The van der Waals surface area contributed by atoms with Gasteiger partial charge in [0.15, 0.2) is 0 Å². The van der Waals surface area contributed by atoms with Crippen LogP contribution in [0, 0.1) is 17.2 Å². The fourth-order valence-electron chi connectivity index (χ4n) is 4.07. The van der Waals surface area contributed by atoms with Gasteiger partial charge in [-0.2, -0.15) is 5.26 Å². The van der Waals surface area contributed by atoms with Gasteiger partial charge in [0.2, 0.25) is 0 Å². The summed E-state index contributed by atoms with van der Waals surface area (Å²) in [5.74, 6) is 0.493. The van der Waals surface area contributed by atoms with Crippen LogP contribution in [0.4, 0.5) is 5.69 Å². The highest BCUT2D eigenvalue weighted by molar-refractivity contribution is 6.11. The highest BCUT2D eigenvalue weighted by atomic mass is 16.5. The van der Waals surface area contributed by atoms with Crippen LogP contribution in [0.5, 0.6) is 0 Å². The molecule has 0 bridgehead atoms. The minimum absolute atomic E-state index is 0.493. The number of fused-ring (bicyclic) bond motifs is 1. The highest BCUT2D eigenvalue weighted by Gasteiger charge is 2.13. The van der Waals surface area contributed by atoms with Gasteiger partial charge in [-0.25, -0.2) is 4.98 Å². The molecule has 1 saturated heterocycles. The number of anilines is 1. The number of ether oxygens (including phenoxy) is 1. The second kappa shape index (κ2) is 11.6. The fourth-order valence-corrected chi connectivity index (χ4v) is 4.07. The van der Waals surface area contributed by atoms with E-state index in [0.717, 1.165) is 78.4 Å². The Hall–Kier alpha value is -3.67. The Labute approximate surface area is 206 Å². The summed E-state index contributed by atoms with van der Waals surface area (Å²) in [6.45, 7) is 10.2. The maximum absolute atomic E-state index is 9.70. The lowest BCUT2D eigenvalue weighted by molar-refractivity contribution is 0.0395. The van der Waals surface area contributed by atoms with Gasteiger partial charge in [-0.1, -0.05) is 19.9 Å². The first-order valence-electron chi connectivity index (χ1n) is 12.1. The van der Waals surface area contributed by atoms with E-state index in [1.807, 2.05) is 30.6 Å². The van der Waals surface area contributed by atoms with Crippen molar-refractivity contribution in [2.45, 2.75) is 13.8 Å². The molecule has 4 N–H and O–H groups in total. The zero-order valence-corrected chi connectivity index (χ0v) is 20.4. The molecular weight excluding hydrogens is 438 g/mol. The molecule has 8 nitrogen and oxygen atoms in total. The van der Waals surface area contributed by atoms with E-state index in [2.05, 4.69) is 51.2 Å². The third kappa shape index (κ3) is 6.07. The number of hydrogen-bond donors (Lipinski definition) is 3. The molecular formula is C27H33N7O. The van der Waals surface area contributed by atoms with Crippen LogP contribution in [0.3, 0.4) is 0 Å². The average molecular weight is 472 g/mol. The largest absolute Gasteiger partial charge is 0.404 e. The lowest BCUT2D eigenvalue weighted by atomic mass is 10.0. The number of aromatic amines is 1. The van der Waals surface area contributed by atoms with Gasteiger partial charge in [0.1, 0.15) is 11.7 Å². The number of H-pyrrole nitrogens is 1. The average Bonchev–Trinajstić information content (AvgIpc) is 3.31. The molecule has 0 aliphatic carbocycles. The fraction of sp³-hybridized carbons (Fsp3) is 0.370. The number of aliphatic imine (C=N–C) groups is 1. The number of morpholine rings is 1. The normalized spacial score (nSPS) is 15.2. The topological polar surface area (TPSA) is 115 Å². The third-order valence-corrected chi connectivity index (χ3v) is 6.08. The van der Waals surface area contributed by atoms with E-state index in [9.17, 15) is 5.26 Å². The van der Waals surface area contributed by atoms with E-state index in [-0.39, 0.29) is 0 Å². The Kier molecular flexibility index (Phi) is 8.14. The second-order valence-electron chi connectivity index (χ2n) is 9.08. The first-order chi connectivity index (χ1) is 17.1. The molecule has 0 amide bonds. The van der Waals surface area contributed by atoms with E-state index < -0.39 is 0 Å². The van der Waals surface area contributed by atoms with Crippen molar-refractivity contribution >= 4 is 28.5 Å². The molecule has 0 radical (unpaired) electrons. The number of nitrogens with one attached hydrogen (secondary N) is 2. The van der Waals surface area contributed by atoms with E-state index in [4.69, 9.17) is 10.5 Å². The SMILES string of the molecule is CC(C)CNc1ccc(-c2c[nH]c3ncc(/C(C=NCCN4CCOCC4)=C/N)cc23)cc1C#N. The van der Waals surface area contributed by atoms with E-state index in [1.54, 1.807) is 12.4 Å². The molecule has 0 unspecified atom stereocenters. The smallest absolute Gasteiger partial charge is 0.137 e. The van der Waals surface area contributed by atoms with Gasteiger partial charge in [0.05, 0.1) is 31.0 Å². The van der Waals surface area contributed by atoms with Crippen LogP contribution < -0.4 is 11.1 Å². The Morgan fingerprint density at radius 2 is 2.17 bits per heavy atom. The lowest BCUT2D eigenvalue weighted by Gasteiger charge is -2.25. The van der Waals surface area contributed by atoms with Crippen molar-refractivity contribution < 1.29 is 4.74 Å². The molecule has 1 aliphatic heterocycles. The van der Waals surface area contributed by atoms with Crippen LogP contribution >= 0.6 is 0 Å². The minimum atomic E-state index is 0.493. The molecule has 8 heteroatoms. The lowest BCUT2D eigenvalue weighted by Crippen LogP contribution is -2.37. The Bertz CT molecular complexity index is 1250. The minimum Gasteiger partial charge on any atom is -0.404 e. The van der Waals surface area contributed by atoms with Crippen LogP contribution in [0.2, 0.25) is 0 Å². The van der Waals surface area contributed by atoms with Crippen molar-refractivity contribution in [1.82, 2.24) is 14.9 Å². The number of benzene rings is 1. The summed E-state index contributed by atoms with van der Waals surface area (Å²) in [6.07, 6.45) is 7.12. The van der Waals surface area contributed by atoms with Gasteiger partial charge < -0.3 is 20.8 Å². The van der Waals surface area contributed by atoms with Crippen LogP contribution in [0.15, 0.2) is 47.9 Å². The molecule has 0 saturated carbocycles. The van der Waals surface area contributed by atoms with Crippen molar-refractivity contribution in [2.75, 3.05) is 51.3 Å². The summed E-state index contributed by atoms with van der Waals surface area (Å²) in [7, 11) is 0. The predicted molar refractivity (Wildman–Crippen MR) is 142 cm³/mol. The zero-order chi connectivity index (χ0) is 24.6. The van der Waals surface area contributed by atoms with Gasteiger partial charge in [-0.15, -0.1) is 0 Å². The Balaban J connectivity index is 1.54. The molecule has 2 aromatic heterocycles. The molecule has 1 fully saturated rings. The number of nitrogens with zero attached hydrogens (tertiary/aromatic N) is 4. The molecule has 0 atom stereocenters. The van der Waals surface area contributed by atoms with Crippen LogP contribution in [-0.4, -0.2) is 67.0 Å². The van der Waals surface area contributed by atoms with Gasteiger partial charge in [-0.05, 0) is 29.7 Å². The van der Waals surface area contributed by atoms with Gasteiger partial charge in [0.25, 0.3) is 0 Å². The van der Waals surface area contributed by atoms with Crippen molar-refractivity contribution in [3.63, 3.8) is 0 Å². The summed E-state index contributed by atoms with van der Waals surface area (Å²) in [5.41, 5.74) is 11.9. The molecule has 0 spiro atoms. The molecule has 3 heterocycles. The van der Waals surface area contributed by atoms with Crippen molar-refractivity contribution in [3.8, 4) is 17.2 Å². The van der Waals surface area contributed by atoms with Crippen molar-refractivity contribution in [2.24, 2.45) is 16.6 Å². The summed E-state index contributed by atoms with van der Waals surface area (Å²) >= 11 is 0. The molecule has 4 rings (SSSR count). The van der Waals surface area contributed by atoms with Crippen molar-refractivity contribution in [3.05, 3.63) is 54.0 Å². The van der Waals surface area contributed by atoms with Gasteiger partial charge in [-0.3, -0.25) is 9.89 Å². The Morgan fingerprint density at radius 1 is 1.34 bits per heavy atom. The van der Waals surface area contributed by atoms with Crippen LogP contribution in [0.1, 0.15) is 25.0 Å². The number of pyridine rings is 1. The number of hydrogen-bond acceptors (Lipinski definition) is 7. The van der Waals surface area contributed by atoms with Crippen LogP contribution in [-0.2, 0) is 4.74 Å². The summed E-state index contributed by atoms with van der Waals surface area (Å²) < 4.78 is 5.39. The molecule has 35 heavy (non-hydrogen) atoms. The first-order valence-corrected chi connectivity index (χ1v) is 12.1. The van der Waals surface area contributed by atoms with Gasteiger partial charge in [0, 0.05) is 73.1 Å². The van der Waals surface area contributed by atoms with Gasteiger partial charge >= 0.3 is 0 Å². The quantitative estimate of drug-likeness (QED) is 0.408. The number of rotatable bonds is 9. The molecule has 3 aromatic rings. The van der Waals surface area contributed by atoms with E-state index in [1.165, 1.54) is 0 Å². The number of aromatic nitrogens is 2. The molecule has 1 aromatic carbocycles. The number of nitriles is 1. The summed E-state index contributed by atoms with van der Waals surface area (Å²) in [6, 6.07) is 10.3. The number of allylic oxidation sites excluding steroid dienone is 1. The molecule has 182 valence electrons. The number of nitrogens with two attached hydrogens (primary N) is 1. The van der Waals surface area contributed by atoms with Crippen molar-refractivity contribution in [1.29, 1.82) is 5.26 Å². The maximum Gasteiger partial charge on any atom is 0.137 e.